The Balaban J connectivity index is 4.46. The molecule has 0 fully saturated rings. The highest BCUT2D eigenvalue weighted by molar-refractivity contribution is 7.98. The Hall–Kier alpha value is -0.620. The molecule has 104 valence electrons. The molecule has 1 N–H and O–H groups in total. The van der Waals surface area contributed by atoms with E-state index in [2.05, 4.69) is 0 Å². The number of hydrogen-bond acceptors (Lipinski definition) is 4. The Morgan fingerprint density at radius 3 is 2.50 bits per heavy atom. The van der Waals surface area contributed by atoms with Crippen molar-refractivity contribution in [3.63, 3.8) is 0 Å². The number of rotatable bonds is 9. The fourth-order valence-electron chi connectivity index (χ4n) is 1.66. The summed E-state index contributed by atoms with van der Waals surface area (Å²) in [6, 6.07) is 0. The van der Waals surface area contributed by atoms with Crippen molar-refractivity contribution in [1.82, 2.24) is 4.90 Å². The Morgan fingerprint density at radius 2 is 2.06 bits per heavy atom. The van der Waals surface area contributed by atoms with E-state index in [1.807, 2.05) is 13.2 Å². The third-order valence-corrected chi connectivity index (χ3v) is 3.79. The number of hydrogen-bond donors (Lipinski definition) is 1. The number of Topliss-reactive ketones (excluding diaryl/α,β-unsaturated/α-hetero) is 1. The van der Waals surface area contributed by atoms with E-state index in [-0.39, 0.29) is 18.2 Å². The molecule has 18 heavy (non-hydrogen) atoms. The number of carbonyl (C=O) groups excluding carboxylic acids is 1. The third kappa shape index (κ3) is 7.66. The average Bonchev–Trinajstić information content (AvgIpc) is 2.25. The van der Waals surface area contributed by atoms with Crippen LogP contribution in [-0.4, -0.2) is 51.8 Å². The van der Waals surface area contributed by atoms with Crippen LogP contribution in [0.15, 0.2) is 0 Å². The van der Waals surface area contributed by atoms with Crippen LogP contribution in [0.1, 0.15) is 26.7 Å². The standard InChI is InChI=1S/C12H21NO3S2/c1-9(7-10(2)14)12(17)13(8-11(15)16)5-4-6-18-3/h9H,4-8H2,1-3H3,(H,15,16). The van der Waals surface area contributed by atoms with Crippen molar-refractivity contribution >= 4 is 40.7 Å². The van der Waals surface area contributed by atoms with Gasteiger partial charge in [0, 0.05) is 18.9 Å². The van der Waals surface area contributed by atoms with Gasteiger partial charge in [-0.25, -0.2) is 0 Å². The molecule has 1 atom stereocenters. The fraction of sp³-hybridized carbons (Fsp3) is 0.750. The zero-order valence-corrected chi connectivity index (χ0v) is 12.8. The van der Waals surface area contributed by atoms with E-state index in [4.69, 9.17) is 17.3 Å². The molecule has 4 nitrogen and oxygen atoms in total. The lowest BCUT2D eigenvalue weighted by molar-refractivity contribution is -0.137. The average molecular weight is 291 g/mol. The molecule has 0 amide bonds. The highest BCUT2D eigenvalue weighted by atomic mass is 32.2. The van der Waals surface area contributed by atoms with E-state index in [1.54, 1.807) is 16.7 Å². The minimum atomic E-state index is -0.892. The van der Waals surface area contributed by atoms with Crippen LogP contribution in [0.3, 0.4) is 0 Å². The van der Waals surface area contributed by atoms with Crippen molar-refractivity contribution in [3.8, 4) is 0 Å². The first-order valence-corrected chi connectivity index (χ1v) is 7.67. The van der Waals surface area contributed by atoms with Crippen molar-refractivity contribution in [2.75, 3.05) is 25.1 Å². The molecule has 0 spiro atoms. The molecule has 0 bridgehead atoms. The van der Waals surface area contributed by atoms with Crippen LogP contribution in [0.2, 0.25) is 0 Å². The van der Waals surface area contributed by atoms with E-state index < -0.39 is 5.97 Å². The molecule has 0 aliphatic carbocycles. The first-order valence-electron chi connectivity index (χ1n) is 5.87. The van der Waals surface area contributed by atoms with Gasteiger partial charge >= 0.3 is 5.97 Å². The molecule has 0 aliphatic rings. The van der Waals surface area contributed by atoms with Gasteiger partial charge in [-0.05, 0) is 25.4 Å². The molecular weight excluding hydrogens is 270 g/mol. The zero-order chi connectivity index (χ0) is 14.1. The first kappa shape index (κ1) is 17.4. The van der Waals surface area contributed by atoms with E-state index in [9.17, 15) is 9.59 Å². The maximum atomic E-state index is 11.1. The minimum absolute atomic E-state index is 0.0734. The monoisotopic (exact) mass is 291 g/mol. The molecule has 0 aliphatic heterocycles. The topological polar surface area (TPSA) is 57.6 Å². The van der Waals surface area contributed by atoms with Gasteiger partial charge < -0.3 is 14.8 Å². The van der Waals surface area contributed by atoms with Crippen LogP contribution in [0.25, 0.3) is 0 Å². The summed E-state index contributed by atoms with van der Waals surface area (Å²) in [5, 5.41) is 8.88. The summed E-state index contributed by atoms with van der Waals surface area (Å²) in [6.45, 7) is 3.94. The lowest BCUT2D eigenvalue weighted by Crippen LogP contribution is -2.39. The summed E-state index contributed by atoms with van der Waals surface area (Å²) in [5.74, 6) is 0.0757. The van der Waals surface area contributed by atoms with Gasteiger partial charge in [0.1, 0.15) is 12.3 Å². The molecular formula is C12H21NO3S2. The molecule has 0 saturated carbocycles. The molecule has 6 heteroatoms. The van der Waals surface area contributed by atoms with Gasteiger partial charge in [0.25, 0.3) is 0 Å². The highest BCUT2D eigenvalue weighted by Crippen LogP contribution is 2.11. The van der Waals surface area contributed by atoms with Crippen LogP contribution in [0.4, 0.5) is 0 Å². The number of thiocarbonyl (C=S) groups is 1. The van der Waals surface area contributed by atoms with Crippen molar-refractivity contribution in [3.05, 3.63) is 0 Å². The maximum absolute atomic E-state index is 11.1. The van der Waals surface area contributed by atoms with Crippen molar-refractivity contribution in [2.45, 2.75) is 26.7 Å². The fourth-order valence-corrected chi connectivity index (χ4v) is 2.32. The van der Waals surface area contributed by atoms with Gasteiger partial charge in [-0.15, -0.1) is 0 Å². The van der Waals surface area contributed by atoms with E-state index in [0.717, 1.165) is 12.2 Å². The number of carbonyl (C=O) groups is 2. The van der Waals surface area contributed by atoms with Crippen molar-refractivity contribution in [2.24, 2.45) is 5.92 Å². The quantitative estimate of drug-likeness (QED) is 0.518. The second-order valence-corrected chi connectivity index (χ2v) is 5.71. The van der Waals surface area contributed by atoms with E-state index >= 15 is 0 Å². The van der Waals surface area contributed by atoms with Gasteiger partial charge in [-0.1, -0.05) is 19.1 Å². The number of thioether (sulfide) groups is 1. The summed E-state index contributed by atoms with van der Waals surface area (Å²) >= 11 is 7.01. The van der Waals surface area contributed by atoms with Crippen molar-refractivity contribution < 1.29 is 14.7 Å². The van der Waals surface area contributed by atoms with Crippen LogP contribution in [-0.2, 0) is 9.59 Å². The molecule has 0 heterocycles. The lowest BCUT2D eigenvalue weighted by Gasteiger charge is -2.26. The number of carboxylic acid groups (broad SMARTS) is 1. The number of aliphatic carboxylic acids is 1. The predicted octanol–water partition coefficient (Wildman–Crippen LogP) is 2.07. The van der Waals surface area contributed by atoms with Crippen LogP contribution in [0, 0.1) is 5.92 Å². The second kappa shape index (κ2) is 9.33. The lowest BCUT2D eigenvalue weighted by atomic mass is 10.0. The third-order valence-electron chi connectivity index (χ3n) is 2.43. The summed E-state index contributed by atoms with van der Waals surface area (Å²) in [4.78, 5) is 24.2. The SMILES string of the molecule is CSCCCN(CC(=O)O)C(=S)C(C)CC(C)=O. The molecule has 0 aromatic carbocycles. The van der Waals surface area contributed by atoms with Crippen LogP contribution in [0.5, 0.6) is 0 Å². The molecule has 0 aromatic rings. The van der Waals surface area contributed by atoms with E-state index in [1.165, 1.54) is 6.92 Å². The molecule has 0 radical (unpaired) electrons. The number of ketones is 1. The summed E-state index contributed by atoms with van der Waals surface area (Å²) in [6.07, 6.45) is 3.27. The highest BCUT2D eigenvalue weighted by Gasteiger charge is 2.19. The van der Waals surface area contributed by atoms with E-state index in [0.29, 0.717) is 18.0 Å². The van der Waals surface area contributed by atoms with Gasteiger partial charge in [-0.3, -0.25) is 4.79 Å². The van der Waals surface area contributed by atoms with Crippen LogP contribution >= 0.6 is 24.0 Å². The number of nitrogens with zero attached hydrogens (tertiary/aromatic N) is 1. The Labute approximate surface area is 118 Å². The molecule has 0 saturated heterocycles. The van der Waals surface area contributed by atoms with Crippen molar-refractivity contribution in [1.29, 1.82) is 0 Å². The maximum Gasteiger partial charge on any atom is 0.323 e. The van der Waals surface area contributed by atoms with Gasteiger partial charge in [0.15, 0.2) is 0 Å². The Morgan fingerprint density at radius 1 is 1.44 bits per heavy atom. The summed E-state index contributed by atoms with van der Waals surface area (Å²) < 4.78 is 0. The Kier molecular flexibility index (Phi) is 9.01. The first-order chi connectivity index (χ1) is 8.38. The largest absolute Gasteiger partial charge is 0.480 e. The minimum Gasteiger partial charge on any atom is -0.480 e. The van der Waals surface area contributed by atoms with Gasteiger partial charge in [0.2, 0.25) is 0 Å². The zero-order valence-electron chi connectivity index (χ0n) is 11.1. The smallest absolute Gasteiger partial charge is 0.323 e. The molecule has 0 rings (SSSR count). The summed E-state index contributed by atoms with van der Waals surface area (Å²) in [7, 11) is 0. The summed E-state index contributed by atoms with van der Waals surface area (Å²) in [5.41, 5.74) is 0. The number of carboxylic acids is 1. The van der Waals surface area contributed by atoms with Gasteiger partial charge in [-0.2, -0.15) is 11.8 Å². The van der Waals surface area contributed by atoms with Crippen LogP contribution < -0.4 is 0 Å². The normalized spacial score (nSPS) is 11.9. The molecule has 0 aromatic heterocycles. The molecule has 1 unspecified atom stereocenters. The predicted molar refractivity (Wildman–Crippen MR) is 79.3 cm³/mol. The van der Waals surface area contributed by atoms with Gasteiger partial charge in [0.05, 0.1) is 4.99 Å². The second-order valence-electron chi connectivity index (χ2n) is 4.31. The Bertz CT molecular complexity index is 308.